The normalized spacial score (nSPS) is 11.9. The highest BCUT2D eigenvalue weighted by molar-refractivity contribution is 8.00. The van der Waals surface area contributed by atoms with E-state index in [1.807, 2.05) is 0 Å². The number of thioether (sulfide) groups is 1. The topological polar surface area (TPSA) is 92.9 Å². The van der Waals surface area contributed by atoms with Gasteiger partial charge in [0, 0.05) is 10.7 Å². The maximum Gasteiger partial charge on any atom is 0.237 e. The maximum absolute atomic E-state index is 12.4. The molecule has 0 saturated carbocycles. The van der Waals surface area contributed by atoms with Crippen LogP contribution in [0.5, 0.6) is 5.75 Å². The lowest BCUT2D eigenvalue weighted by atomic mass is 10.3. The zero-order valence-corrected chi connectivity index (χ0v) is 14.7. The maximum atomic E-state index is 12.4. The van der Waals surface area contributed by atoms with E-state index >= 15 is 0 Å². The molecule has 3 aromatic rings. The van der Waals surface area contributed by atoms with Crippen molar-refractivity contribution in [2.75, 3.05) is 5.32 Å². The third kappa shape index (κ3) is 4.28. The fraction of sp³-hybridized carbons (Fsp3) is 0.125. The third-order valence-electron chi connectivity index (χ3n) is 3.28. The number of hydrogen-bond donors (Lipinski definition) is 2. The van der Waals surface area contributed by atoms with Crippen LogP contribution >= 0.6 is 23.4 Å². The van der Waals surface area contributed by atoms with Crippen molar-refractivity contribution in [2.24, 2.45) is 0 Å². The predicted molar refractivity (Wildman–Crippen MR) is 96.2 cm³/mol. The highest BCUT2D eigenvalue weighted by atomic mass is 35.5. The molecule has 0 unspecified atom stereocenters. The smallest absolute Gasteiger partial charge is 0.237 e. The number of anilines is 1. The first kappa shape index (κ1) is 17.2. The molecule has 0 fully saturated rings. The molecule has 2 aromatic carbocycles. The van der Waals surface area contributed by atoms with Gasteiger partial charge in [-0.2, -0.15) is 4.68 Å². The standard InChI is InChI=1S/C16H14ClN5O2S/c1-10(15(24)18-12-4-2-3-11(17)9-12)25-16-19-20-21-22(16)13-5-7-14(23)8-6-13/h2-10,23H,1H3,(H,18,24)/t10-/m0/s1. The Labute approximate surface area is 153 Å². The Kier molecular flexibility index (Phi) is 5.20. The van der Waals surface area contributed by atoms with Gasteiger partial charge in [-0.05, 0) is 59.8 Å². The van der Waals surface area contributed by atoms with E-state index in [-0.39, 0.29) is 11.7 Å². The van der Waals surface area contributed by atoms with E-state index in [4.69, 9.17) is 11.6 Å². The lowest BCUT2D eigenvalue weighted by molar-refractivity contribution is -0.115. The molecule has 9 heteroatoms. The third-order valence-corrected chi connectivity index (χ3v) is 4.55. The first-order valence-corrected chi connectivity index (χ1v) is 8.59. The van der Waals surface area contributed by atoms with Crippen LogP contribution in [0.1, 0.15) is 6.92 Å². The number of rotatable bonds is 5. The number of phenols is 1. The van der Waals surface area contributed by atoms with E-state index in [9.17, 15) is 9.90 Å². The van der Waals surface area contributed by atoms with Crippen molar-refractivity contribution >= 4 is 35.0 Å². The zero-order chi connectivity index (χ0) is 17.8. The number of nitrogens with one attached hydrogen (secondary N) is 1. The van der Waals surface area contributed by atoms with Gasteiger partial charge in [-0.3, -0.25) is 4.79 Å². The number of phenolic OH excluding ortho intramolecular Hbond substituents is 1. The summed E-state index contributed by atoms with van der Waals surface area (Å²) in [6, 6.07) is 13.4. The number of carbonyl (C=O) groups excluding carboxylic acids is 1. The molecule has 0 saturated heterocycles. The van der Waals surface area contributed by atoms with E-state index in [0.717, 1.165) is 0 Å². The number of halogens is 1. The van der Waals surface area contributed by atoms with E-state index in [0.29, 0.717) is 21.6 Å². The molecule has 0 radical (unpaired) electrons. The number of benzene rings is 2. The highest BCUT2D eigenvalue weighted by Gasteiger charge is 2.19. The van der Waals surface area contributed by atoms with Crippen LogP contribution in [0.3, 0.4) is 0 Å². The molecule has 1 aromatic heterocycles. The second-order valence-electron chi connectivity index (χ2n) is 5.15. The van der Waals surface area contributed by atoms with Crippen molar-refractivity contribution in [1.29, 1.82) is 0 Å². The van der Waals surface area contributed by atoms with Crippen LogP contribution in [-0.2, 0) is 4.79 Å². The molecule has 128 valence electrons. The van der Waals surface area contributed by atoms with Gasteiger partial charge in [0.25, 0.3) is 0 Å². The first-order chi connectivity index (χ1) is 12.0. The second-order valence-corrected chi connectivity index (χ2v) is 6.89. The van der Waals surface area contributed by atoms with E-state index in [2.05, 4.69) is 20.8 Å². The van der Waals surface area contributed by atoms with Gasteiger partial charge < -0.3 is 10.4 Å². The van der Waals surface area contributed by atoms with Crippen LogP contribution in [0.2, 0.25) is 5.02 Å². The van der Waals surface area contributed by atoms with Crippen LogP contribution in [0.15, 0.2) is 53.7 Å². The molecule has 0 spiro atoms. The van der Waals surface area contributed by atoms with Gasteiger partial charge in [0.1, 0.15) is 5.75 Å². The molecule has 1 heterocycles. The number of aromatic nitrogens is 4. The Morgan fingerprint density at radius 1 is 1.28 bits per heavy atom. The van der Waals surface area contributed by atoms with E-state index < -0.39 is 5.25 Å². The van der Waals surface area contributed by atoms with Crippen molar-refractivity contribution in [3.8, 4) is 11.4 Å². The molecule has 25 heavy (non-hydrogen) atoms. The van der Waals surface area contributed by atoms with Crippen LogP contribution in [0.25, 0.3) is 5.69 Å². The number of tetrazole rings is 1. The number of nitrogens with zero attached hydrogens (tertiary/aromatic N) is 4. The summed E-state index contributed by atoms with van der Waals surface area (Å²) in [5.41, 5.74) is 1.32. The minimum Gasteiger partial charge on any atom is -0.508 e. The van der Waals surface area contributed by atoms with Crippen LogP contribution in [-0.4, -0.2) is 36.5 Å². The Hall–Kier alpha value is -2.58. The van der Waals surface area contributed by atoms with Gasteiger partial charge in [0.05, 0.1) is 10.9 Å². The second kappa shape index (κ2) is 7.54. The van der Waals surface area contributed by atoms with Crippen LogP contribution < -0.4 is 5.32 Å². The lowest BCUT2D eigenvalue weighted by Crippen LogP contribution is -2.22. The number of carbonyl (C=O) groups is 1. The molecule has 1 amide bonds. The summed E-state index contributed by atoms with van der Waals surface area (Å²) < 4.78 is 1.51. The fourth-order valence-electron chi connectivity index (χ4n) is 2.03. The summed E-state index contributed by atoms with van der Waals surface area (Å²) in [5.74, 6) is -0.0344. The molecule has 0 aliphatic carbocycles. The number of aromatic hydroxyl groups is 1. The van der Waals surface area contributed by atoms with Gasteiger partial charge in [-0.25, -0.2) is 0 Å². The Balaban J connectivity index is 1.71. The molecule has 3 rings (SSSR count). The van der Waals surface area contributed by atoms with Gasteiger partial charge >= 0.3 is 0 Å². The highest BCUT2D eigenvalue weighted by Crippen LogP contribution is 2.25. The number of amides is 1. The molecule has 7 nitrogen and oxygen atoms in total. The number of hydrogen-bond acceptors (Lipinski definition) is 6. The summed E-state index contributed by atoms with van der Waals surface area (Å²) in [6.45, 7) is 1.76. The average molecular weight is 376 g/mol. The van der Waals surface area contributed by atoms with Crippen molar-refractivity contribution in [3.05, 3.63) is 53.6 Å². The molecule has 2 N–H and O–H groups in total. The summed E-state index contributed by atoms with van der Waals surface area (Å²) in [6.07, 6.45) is 0. The molecule has 0 aliphatic rings. The van der Waals surface area contributed by atoms with Gasteiger partial charge in [-0.1, -0.05) is 29.4 Å². The van der Waals surface area contributed by atoms with Crippen molar-refractivity contribution in [2.45, 2.75) is 17.3 Å². The Morgan fingerprint density at radius 2 is 2.04 bits per heavy atom. The van der Waals surface area contributed by atoms with Crippen molar-refractivity contribution in [3.63, 3.8) is 0 Å². The predicted octanol–water partition coefficient (Wildman–Crippen LogP) is 3.14. The first-order valence-electron chi connectivity index (χ1n) is 7.34. The van der Waals surface area contributed by atoms with Crippen molar-refractivity contribution < 1.29 is 9.90 Å². The summed E-state index contributed by atoms with van der Waals surface area (Å²) in [4.78, 5) is 12.4. The minimum absolute atomic E-state index is 0.153. The van der Waals surface area contributed by atoms with Gasteiger partial charge in [-0.15, -0.1) is 5.10 Å². The van der Waals surface area contributed by atoms with E-state index in [1.165, 1.54) is 16.4 Å². The SMILES string of the molecule is C[C@H](Sc1nnnn1-c1ccc(O)cc1)C(=O)Nc1cccc(Cl)c1. The van der Waals surface area contributed by atoms with Gasteiger partial charge in [0.15, 0.2) is 0 Å². The van der Waals surface area contributed by atoms with E-state index in [1.54, 1.807) is 55.5 Å². The van der Waals surface area contributed by atoms with Crippen LogP contribution in [0.4, 0.5) is 5.69 Å². The van der Waals surface area contributed by atoms with Crippen LogP contribution in [0, 0.1) is 0 Å². The average Bonchev–Trinajstić information content (AvgIpc) is 3.03. The molecule has 0 bridgehead atoms. The lowest BCUT2D eigenvalue weighted by Gasteiger charge is -2.12. The largest absolute Gasteiger partial charge is 0.508 e. The summed E-state index contributed by atoms with van der Waals surface area (Å²) in [7, 11) is 0. The molecular formula is C16H14ClN5O2S. The van der Waals surface area contributed by atoms with Crippen molar-refractivity contribution in [1.82, 2.24) is 20.2 Å². The molecule has 0 aliphatic heterocycles. The minimum atomic E-state index is -0.430. The summed E-state index contributed by atoms with van der Waals surface area (Å²) in [5, 5.41) is 24.3. The fourth-order valence-corrected chi connectivity index (χ4v) is 3.03. The monoisotopic (exact) mass is 375 g/mol. The quantitative estimate of drug-likeness (QED) is 0.665. The molecular weight excluding hydrogens is 362 g/mol. The Bertz CT molecular complexity index is 884. The van der Waals surface area contributed by atoms with Gasteiger partial charge in [0.2, 0.25) is 11.1 Å². The Morgan fingerprint density at radius 3 is 2.76 bits per heavy atom. The molecule has 1 atom stereocenters. The summed E-state index contributed by atoms with van der Waals surface area (Å²) >= 11 is 7.15. The zero-order valence-electron chi connectivity index (χ0n) is 13.1.